The fraction of sp³-hybridized carbons (Fsp3) is 0.433. The van der Waals surface area contributed by atoms with Crippen molar-refractivity contribution in [2.24, 2.45) is 0 Å². The van der Waals surface area contributed by atoms with Crippen LogP contribution in [0, 0.1) is 0 Å². The number of aromatic amines is 1. The minimum absolute atomic E-state index is 0.0506. The van der Waals surface area contributed by atoms with Gasteiger partial charge in [0.1, 0.15) is 31.3 Å². The molecule has 8 nitrogen and oxygen atoms in total. The molecule has 2 aliphatic heterocycles. The maximum atomic E-state index is 13.6. The van der Waals surface area contributed by atoms with E-state index in [9.17, 15) is 18.0 Å². The van der Waals surface area contributed by atoms with Crippen LogP contribution in [0.1, 0.15) is 36.3 Å². The molecule has 4 aromatic rings. The number of aromatic nitrogens is 4. The van der Waals surface area contributed by atoms with Crippen LogP contribution in [0.25, 0.3) is 10.9 Å². The van der Waals surface area contributed by atoms with Gasteiger partial charge in [-0.1, -0.05) is 30.1 Å². The van der Waals surface area contributed by atoms with Crippen molar-refractivity contribution in [3.8, 4) is 0 Å². The second-order valence-corrected chi connectivity index (χ2v) is 12.0. The normalized spacial score (nSPS) is 19.6. The van der Waals surface area contributed by atoms with Crippen LogP contribution in [0.15, 0.2) is 49.1 Å². The number of alkyl halides is 3. The Hall–Kier alpha value is -3.12. The predicted octanol–water partition coefficient (Wildman–Crippen LogP) is 5.03. The molecule has 0 amide bonds. The summed E-state index contributed by atoms with van der Waals surface area (Å²) in [7, 11) is 0. The van der Waals surface area contributed by atoms with Gasteiger partial charge in [0, 0.05) is 60.8 Å². The lowest BCUT2D eigenvalue weighted by atomic mass is 9.96. The van der Waals surface area contributed by atoms with Gasteiger partial charge in [-0.25, -0.2) is 14.1 Å². The second kappa shape index (κ2) is 12.1. The quantitative estimate of drug-likeness (QED) is 0.266. The zero-order valence-electron chi connectivity index (χ0n) is 23.7. The number of pyridine rings is 1. The monoisotopic (exact) mass is 634 g/mol. The van der Waals surface area contributed by atoms with Gasteiger partial charge in [-0.2, -0.15) is 13.2 Å². The van der Waals surface area contributed by atoms with Crippen molar-refractivity contribution in [3.05, 3.63) is 76.0 Å². The minimum Gasteiger partial charge on any atom is -0.357 e. The first kappa shape index (κ1) is 29.9. The molecule has 0 spiro atoms. The molecule has 0 radical (unpaired) electrons. The van der Waals surface area contributed by atoms with Gasteiger partial charge in [0.25, 0.3) is 0 Å². The van der Waals surface area contributed by atoms with Crippen molar-refractivity contribution in [2.75, 3.05) is 37.6 Å². The molecule has 1 saturated heterocycles. The third-order valence-corrected chi connectivity index (χ3v) is 8.94. The Morgan fingerprint density at radius 1 is 1.16 bits per heavy atom. The third kappa shape index (κ3) is 6.26. The highest BCUT2D eigenvalue weighted by molar-refractivity contribution is 6.31. The van der Waals surface area contributed by atoms with E-state index in [1.807, 2.05) is 53.3 Å². The summed E-state index contributed by atoms with van der Waals surface area (Å²) in [5.41, 5.74) is 2.28. The first-order chi connectivity index (χ1) is 20.6. The minimum atomic E-state index is -4.64. The van der Waals surface area contributed by atoms with Gasteiger partial charge < -0.3 is 15.2 Å². The fourth-order valence-electron chi connectivity index (χ4n) is 6.26. The number of anilines is 1. The largest absolute Gasteiger partial charge is 0.434 e. The van der Waals surface area contributed by atoms with Gasteiger partial charge in [0.2, 0.25) is 6.33 Å². The Kier molecular flexibility index (Phi) is 8.43. The van der Waals surface area contributed by atoms with Crippen LogP contribution in [0.5, 0.6) is 0 Å². The number of nitrogens with zero attached hydrogens (tertiary/aromatic N) is 5. The van der Waals surface area contributed by atoms with Crippen molar-refractivity contribution in [1.29, 1.82) is 0 Å². The summed E-state index contributed by atoms with van der Waals surface area (Å²) in [5.74, 6) is 0.427. The lowest BCUT2D eigenvalue weighted by Gasteiger charge is -2.43. The van der Waals surface area contributed by atoms with Crippen molar-refractivity contribution in [1.82, 2.24) is 24.8 Å². The molecule has 13 heteroatoms. The van der Waals surface area contributed by atoms with Crippen LogP contribution < -0.4 is 14.8 Å². The number of imidazole rings is 1. The van der Waals surface area contributed by atoms with Crippen molar-refractivity contribution in [2.45, 2.75) is 51.1 Å². The topological polar surface area (TPSA) is 73.1 Å². The van der Waals surface area contributed by atoms with E-state index in [1.165, 1.54) is 11.6 Å². The molecule has 5 heterocycles. The van der Waals surface area contributed by atoms with Crippen LogP contribution in [-0.4, -0.2) is 64.0 Å². The van der Waals surface area contributed by atoms with Crippen LogP contribution in [-0.2, 0) is 30.5 Å². The molecule has 2 aliphatic rings. The number of nitrogens with one attached hydrogen (secondary N) is 2. The average molecular weight is 636 g/mol. The average Bonchev–Trinajstić information content (AvgIpc) is 3.58. The highest BCUT2D eigenvalue weighted by Gasteiger charge is 2.38. The first-order valence-electron chi connectivity index (χ1n) is 14.4. The molecular formula is C30H33Cl2F3N7O+. The number of rotatable bonds is 8. The standard InChI is InChI=1S/C30H33Cl2F3N7O/c1-2-21(43)16-39-11-12-40(18-39)17-26-28-22(23-13-19(31)3-5-25(23)37-28)7-9-41(26)15-20-14-36-8-10-42(20)27-6-4-24(32)29(38-27)30(33,34)35/h3-6,11-13,18,20,26,36-37H,2,7-10,14-17H2,1H3/q+1. The Bertz CT molecular complexity index is 1640. The second-order valence-electron chi connectivity index (χ2n) is 11.2. The lowest BCUT2D eigenvalue weighted by molar-refractivity contribution is -0.683. The van der Waals surface area contributed by atoms with Crippen LogP contribution in [0.2, 0.25) is 10.0 Å². The lowest BCUT2D eigenvalue weighted by Crippen LogP contribution is -2.57. The first-order valence-corrected chi connectivity index (χ1v) is 15.2. The Labute approximate surface area is 257 Å². The summed E-state index contributed by atoms with van der Waals surface area (Å²) in [6.07, 6.45) is 2.47. The number of piperazine rings is 1. The van der Waals surface area contributed by atoms with Gasteiger partial charge in [-0.05, 0) is 42.3 Å². The molecule has 1 aromatic carbocycles. The van der Waals surface area contributed by atoms with Crippen molar-refractivity contribution < 1.29 is 22.5 Å². The number of hydrogen-bond donors (Lipinski definition) is 2. The summed E-state index contributed by atoms with van der Waals surface area (Å²) in [5, 5.41) is 4.79. The molecule has 2 N–H and O–H groups in total. The molecule has 43 heavy (non-hydrogen) atoms. The maximum Gasteiger partial charge on any atom is 0.434 e. The summed E-state index contributed by atoms with van der Waals surface area (Å²) in [4.78, 5) is 24.0. The zero-order chi connectivity index (χ0) is 30.3. The number of hydrogen-bond acceptors (Lipinski definition) is 5. The van der Waals surface area contributed by atoms with E-state index in [0.717, 1.165) is 29.6 Å². The van der Waals surface area contributed by atoms with Crippen molar-refractivity contribution in [3.63, 3.8) is 0 Å². The van der Waals surface area contributed by atoms with E-state index in [1.54, 1.807) is 6.07 Å². The highest BCUT2D eigenvalue weighted by Crippen LogP contribution is 2.38. The number of benzene rings is 1. The molecule has 2 unspecified atom stereocenters. The number of carbonyl (C=O) groups is 1. The number of fused-ring (bicyclic) bond motifs is 3. The molecule has 2 atom stereocenters. The number of ketones is 1. The van der Waals surface area contributed by atoms with E-state index in [-0.39, 0.29) is 23.7 Å². The summed E-state index contributed by atoms with van der Waals surface area (Å²) < 4.78 is 44.9. The Morgan fingerprint density at radius 3 is 2.79 bits per heavy atom. The summed E-state index contributed by atoms with van der Waals surface area (Å²) in [6, 6.07) is 8.54. The number of Topliss-reactive ketones (excluding diaryl/α,β-unsaturated/α-hetero) is 1. The van der Waals surface area contributed by atoms with Crippen molar-refractivity contribution >= 4 is 45.7 Å². The molecule has 0 bridgehead atoms. The third-order valence-electron chi connectivity index (χ3n) is 8.40. The van der Waals surface area contributed by atoms with E-state index in [4.69, 9.17) is 23.2 Å². The van der Waals surface area contributed by atoms with Gasteiger partial charge in [0.15, 0.2) is 11.5 Å². The Balaban J connectivity index is 1.32. The summed E-state index contributed by atoms with van der Waals surface area (Å²) >= 11 is 12.2. The highest BCUT2D eigenvalue weighted by atomic mass is 35.5. The smallest absolute Gasteiger partial charge is 0.357 e. The van der Waals surface area contributed by atoms with Crippen LogP contribution in [0.4, 0.5) is 19.0 Å². The van der Waals surface area contributed by atoms with E-state index < -0.39 is 16.9 Å². The number of halogens is 5. The SMILES string of the molecule is CCC(=O)C[n+]1ccn(CC2c3[nH]c4ccc(Cl)cc4c3CCN2CC2CNCCN2c2ccc(Cl)c(C(F)(F)F)n2)c1. The maximum absolute atomic E-state index is 13.6. The number of H-pyrrole nitrogens is 1. The number of carbonyl (C=O) groups excluding carboxylic acids is 1. The summed E-state index contributed by atoms with van der Waals surface area (Å²) in [6.45, 7) is 5.94. The molecule has 3 aromatic heterocycles. The fourth-order valence-corrected chi connectivity index (χ4v) is 6.64. The molecule has 6 rings (SSSR count). The Morgan fingerprint density at radius 2 is 2.00 bits per heavy atom. The zero-order valence-corrected chi connectivity index (χ0v) is 25.2. The predicted molar refractivity (Wildman–Crippen MR) is 160 cm³/mol. The van der Waals surface area contributed by atoms with Gasteiger partial charge in [0.05, 0.1) is 17.1 Å². The van der Waals surface area contributed by atoms with Crippen LogP contribution in [0.3, 0.4) is 0 Å². The van der Waals surface area contributed by atoms with Crippen LogP contribution >= 0.6 is 23.2 Å². The van der Waals surface area contributed by atoms with Gasteiger partial charge >= 0.3 is 6.18 Å². The van der Waals surface area contributed by atoms with E-state index in [2.05, 4.69) is 24.8 Å². The molecule has 228 valence electrons. The molecular weight excluding hydrogens is 602 g/mol. The van der Waals surface area contributed by atoms with Gasteiger partial charge in [-0.15, -0.1) is 0 Å². The van der Waals surface area contributed by atoms with E-state index >= 15 is 0 Å². The molecule has 0 saturated carbocycles. The molecule has 1 fully saturated rings. The van der Waals surface area contributed by atoms with Gasteiger partial charge in [-0.3, -0.25) is 9.69 Å². The van der Waals surface area contributed by atoms with E-state index in [0.29, 0.717) is 50.7 Å². The molecule has 0 aliphatic carbocycles.